The Morgan fingerprint density at radius 1 is 1.20 bits per heavy atom. The maximum atomic E-state index is 12.5. The lowest BCUT2D eigenvalue weighted by atomic mass is 10.2. The highest BCUT2D eigenvalue weighted by Gasteiger charge is 2.36. The van der Waals surface area contributed by atoms with E-state index < -0.39 is 28.5 Å². The molecular formula is C19H13Cl2N3O5S. The highest BCUT2D eigenvalue weighted by atomic mass is 35.5. The third kappa shape index (κ3) is 4.81. The predicted molar refractivity (Wildman–Crippen MR) is 116 cm³/mol. The zero-order chi connectivity index (χ0) is 22.0. The summed E-state index contributed by atoms with van der Waals surface area (Å²) in [4.78, 5) is 48.2. The number of nitro benzene ring substituents is 1. The second-order valence-electron chi connectivity index (χ2n) is 6.25. The molecule has 8 nitrogen and oxygen atoms in total. The summed E-state index contributed by atoms with van der Waals surface area (Å²) in [5.41, 5.74) is 1.29. The lowest BCUT2D eigenvalue weighted by molar-refractivity contribution is -0.384. The van der Waals surface area contributed by atoms with Gasteiger partial charge in [-0.05, 0) is 54.1 Å². The molecule has 1 aliphatic heterocycles. The van der Waals surface area contributed by atoms with Gasteiger partial charge in [0.2, 0.25) is 5.91 Å². The number of carbonyl (C=O) groups excluding carboxylic acids is 3. The lowest BCUT2D eigenvalue weighted by Gasteiger charge is -2.13. The second kappa shape index (κ2) is 8.86. The Balaban J connectivity index is 1.73. The van der Waals surface area contributed by atoms with Gasteiger partial charge < -0.3 is 5.32 Å². The number of rotatable bonds is 5. The Morgan fingerprint density at radius 3 is 2.60 bits per heavy atom. The maximum absolute atomic E-state index is 12.5. The van der Waals surface area contributed by atoms with E-state index in [1.807, 2.05) is 6.92 Å². The standard InChI is InChI=1S/C19H13Cl2N3O5S/c1-10-2-4-12(8-14(10)21)22-17(25)9-23-18(26)16(30-19(23)27)7-11-3-5-13(20)15(6-11)24(28)29/h2-8H,9H2,1H3,(H,22,25)/b16-7-. The Morgan fingerprint density at radius 2 is 1.93 bits per heavy atom. The van der Waals surface area contributed by atoms with Crippen molar-refractivity contribution in [3.05, 3.63) is 72.6 Å². The fourth-order valence-electron chi connectivity index (χ4n) is 2.56. The van der Waals surface area contributed by atoms with Crippen LogP contribution in [0.1, 0.15) is 11.1 Å². The number of thioether (sulfide) groups is 1. The molecular weight excluding hydrogens is 453 g/mol. The van der Waals surface area contributed by atoms with Gasteiger partial charge in [0, 0.05) is 16.8 Å². The molecule has 0 atom stereocenters. The Labute approximate surface area is 185 Å². The number of anilines is 1. The monoisotopic (exact) mass is 465 g/mol. The van der Waals surface area contributed by atoms with E-state index >= 15 is 0 Å². The summed E-state index contributed by atoms with van der Waals surface area (Å²) in [6.07, 6.45) is 1.34. The molecule has 30 heavy (non-hydrogen) atoms. The van der Waals surface area contributed by atoms with E-state index in [-0.39, 0.29) is 15.6 Å². The number of carbonyl (C=O) groups is 3. The quantitative estimate of drug-likeness (QED) is 0.382. The summed E-state index contributed by atoms with van der Waals surface area (Å²) in [5, 5.41) is 13.4. The topological polar surface area (TPSA) is 110 Å². The van der Waals surface area contributed by atoms with Gasteiger partial charge in [0.25, 0.3) is 16.8 Å². The van der Waals surface area contributed by atoms with Crippen LogP contribution in [0.4, 0.5) is 16.2 Å². The normalized spacial score (nSPS) is 15.0. The van der Waals surface area contributed by atoms with Gasteiger partial charge in [-0.25, -0.2) is 0 Å². The van der Waals surface area contributed by atoms with Gasteiger partial charge in [-0.2, -0.15) is 0 Å². The Bertz CT molecular complexity index is 1120. The molecule has 0 spiro atoms. The van der Waals surface area contributed by atoms with Gasteiger partial charge >= 0.3 is 0 Å². The van der Waals surface area contributed by atoms with E-state index in [9.17, 15) is 24.5 Å². The molecule has 2 aromatic rings. The largest absolute Gasteiger partial charge is 0.324 e. The molecule has 0 radical (unpaired) electrons. The molecule has 1 saturated heterocycles. The Hall–Kier alpha value is -2.88. The van der Waals surface area contributed by atoms with E-state index in [2.05, 4.69) is 5.32 Å². The third-order valence-electron chi connectivity index (χ3n) is 4.10. The van der Waals surface area contributed by atoms with Crippen molar-refractivity contribution in [2.24, 2.45) is 0 Å². The molecule has 0 unspecified atom stereocenters. The van der Waals surface area contributed by atoms with Crippen LogP contribution >= 0.6 is 35.0 Å². The van der Waals surface area contributed by atoms with Crippen LogP contribution in [0.3, 0.4) is 0 Å². The van der Waals surface area contributed by atoms with Gasteiger partial charge in [0.1, 0.15) is 11.6 Å². The first kappa shape index (κ1) is 21.8. The molecule has 3 amide bonds. The first-order valence-electron chi connectivity index (χ1n) is 8.41. The van der Waals surface area contributed by atoms with E-state index in [4.69, 9.17) is 23.2 Å². The molecule has 0 saturated carbocycles. The number of nitrogens with one attached hydrogen (secondary N) is 1. The van der Waals surface area contributed by atoms with Crippen LogP contribution in [-0.2, 0) is 9.59 Å². The predicted octanol–water partition coefficient (Wildman–Crippen LogP) is 4.89. The summed E-state index contributed by atoms with van der Waals surface area (Å²) in [6.45, 7) is 1.34. The fraction of sp³-hybridized carbons (Fsp3) is 0.105. The average molecular weight is 466 g/mol. The highest BCUT2D eigenvalue weighted by Crippen LogP contribution is 2.33. The van der Waals surface area contributed by atoms with Gasteiger partial charge in [-0.15, -0.1) is 0 Å². The number of halogens is 2. The molecule has 0 aromatic heterocycles. The van der Waals surface area contributed by atoms with Crippen molar-refractivity contribution in [1.29, 1.82) is 0 Å². The summed E-state index contributed by atoms with van der Waals surface area (Å²) in [5.74, 6) is -1.24. The molecule has 0 bridgehead atoms. The van der Waals surface area contributed by atoms with E-state index in [1.165, 1.54) is 24.3 Å². The fourth-order valence-corrected chi connectivity index (χ4v) is 3.77. The molecule has 3 rings (SSSR count). The van der Waals surface area contributed by atoms with Gasteiger partial charge in [0.05, 0.1) is 9.83 Å². The van der Waals surface area contributed by atoms with Crippen molar-refractivity contribution in [2.45, 2.75) is 6.92 Å². The second-order valence-corrected chi connectivity index (χ2v) is 8.06. The number of nitrogens with zero attached hydrogens (tertiary/aromatic N) is 2. The van der Waals surface area contributed by atoms with Crippen LogP contribution in [0.2, 0.25) is 10.0 Å². The first-order valence-corrected chi connectivity index (χ1v) is 9.98. The van der Waals surface area contributed by atoms with Gasteiger partial charge in [-0.3, -0.25) is 29.4 Å². The van der Waals surface area contributed by atoms with Crippen molar-refractivity contribution >= 4 is 69.5 Å². The average Bonchev–Trinajstić information content (AvgIpc) is 2.93. The highest BCUT2D eigenvalue weighted by molar-refractivity contribution is 8.18. The smallest absolute Gasteiger partial charge is 0.294 e. The van der Waals surface area contributed by atoms with Crippen LogP contribution in [-0.4, -0.2) is 33.4 Å². The zero-order valence-corrected chi connectivity index (χ0v) is 17.7. The maximum Gasteiger partial charge on any atom is 0.294 e. The number of hydrogen-bond donors (Lipinski definition) is 1. The van der Waals surface area contributed by atoms with Crippen molar-refractivity contribution in [1.82, 2.24) is 4.90 Å². The molecule has 1 fully saturated rings. The molecule has 1 heterocycles. The number of nitro groups is 1. The van der Waals surface area contributed by atoms with Crippen molar-refractivity contribution < 1.29 is 19.3 Å². The van der Waals surface area contributed by atoms with Gasteiger partial charge in [0.15, 0.2) is 0 Å². The van der Waals surface area contributed by atoms with E-state index in [1.54, 1.807) is 18.2 Å². The number of benzene rings is 2. The molecule has 11 heteroatoms. The van der Waals surface area contributed by atoms with Crippen LogP contribution in [0.5, 0.6) is 0 Å². The van der Waals surface area contributed by atoms with Gasteiger partial charge in [-0.1, -0.05) is 35.3 Å². The SMILES string of the molecule is Cc1ccc(NC(=O)CN2C(=O)S/C(=C\c3ccc(Cl)c([N+](=O)[O-])c3)C2=O)cc1Cl. The number of hydrogen-bond acceptors (Lipinski definition) is 6. The summed E-state index contributed by atoms with van der Waals surface area (Å²) < 4.78 is 0. The summed E-state index contributed by atoms with van der Waals surface area (Å²) in [7, 11) is 0. The summed E-state index contributed by atoms with van der Waals surface area (Å²) in [6, 6.07) is 8.96. The van der Waals surface area contributed by atoms with Crippen LogP contribution in [0.25, 0.3) is 6.08 Å². The summed E-state index contributed by atoms with van der Waals surface area (Å²) >= 11 is 12.4. The third-order valence-corrected chi connectivity index (χ3v) is 5.73. The van der Waals surface area contributed by atoms with E-state index in [0.717, 1.165) is 10.5 Å². The van der Waals surface area contributed by atoms with Crippen LogP contribution in [0, 0.1) is 17.0 Å². The van der Waals surface area contributed by atoms with Crippen molar-refractivity contribution in [3.63, 3.8) is 0 Å². The number of imide groups is 1. The number of amides is 3. The van der Waals surface area contributed by atoms with E-state index in [0.29, 0.717) is 28.0 Å². The molecule has 0 aliphatic carbocycles. The number of aryl methyl sites for hydroxylation is 1. The first-order chi connectivity index (χ1) is 14.2. The molecule has 1 aliphatic rings. The minimum Gasteiger partial charge on any atom is -0.324 e. The molecule has 2 aromatic carbocycles. The van der Waals surface area contributed by atoms with Crippen LogP contribution in [0.15, 0.2) is 41.3 Å². The van der Waals surface area contributed by atoms with Crippen molar-refractivity contribution in [3.8, 4) is 0 Å². The Kier molecular flexibility index (Phi) is 6.45. The minimum absolute atomic E-state index is 0.0434. The lowest BCUT2D eigenvalue weighted by Crippen LogP contribution is -2.36. The van der Waals surface area contributed by atoms with Crippen LogP contribution < -0.4 is 5.32 Å². The minimum atomic E-state index is -0.667. The zero-order valence-electron chi connectivity index (χ0n) is 15.3. The molecule has 1 N–H and O–H groups in total. The molecule has 154 valence electrons. The van der Waals surface area contributed by atoms with Crippen molar-refractivity contribution in [2.75, 3.05) is 11.9 Å².